The van der Waals surface area contributed by atoms with Crippen LogP contribution in [0.5, 0.6) is 0 Å². The summed E-state index contributed by atoms with van der Waals surface area (Å²) >= 11 is 0. The van der Waals surface area contributed by atoms with Crippen LogP contribution in [0.25, 0.3) is 16.8 Å². The summed E-state index contributed by atoms with van der Waals surface area (Å²) in [7, 11) is 0. The van der Waals surface area contributed by atoms with E-state index >= 15 is 0 Å². The zero-order valence-corrected chi connectivity index (χ0v) is 13.6. The molecular formula is C20H14F3N3. The number of nitrogens with zero attached hydrogens (tertiary/aromatic N) is 3. The van der Waals surface area contributed by atoms with Gasteiger partial charge in [-0.3, -0.25) is 4.40 Å². The predicted octanol–water partition coefficient (Wildman–Crippen LogP) is 5.01. The van der Waals surface area contributed by atoms with Crippen molar-refractivity contribution >= 4 is 5.65 Å². The van der Waals surface area contributed by atoms with Crippen molar-refractivity contribution in [2.45, 2.75) is 12.6 Å². The molecule has 0 radical (unpaired) electrons. The molecule has 0 fully saturated rings. The standard InChI is InChI=1S/C20H14F3N3/c21-20(22,23)19-25-24-18-11-10-17(13-26(18)19)16-8-6-15(7-9-16)12-14-4-2-1-3-5-14/h1-11,13H,12H2. The summed E-state index contributed by atoms with van der Waals surface area (Å²) in [6.07, 6.45) is -2.31. The maximum Gasteiger partial charge on any atom is 0.452 e. The van der Waals surface area contributed by atoms with E-state index < -0.39 is 12.0 Å². The summed E-state index contributed by atoms with van der Waals surface area (Å²) in [5.41, 5.74) is 4.03. The van der Waals surface area contributed by atoms with Gasteiger partial charge >= 0.3 is 6.18 Å². The Morgan fingerprint density at radius 3 is 2.08 bits per heavy atom. The molecule has 6 heteroatoms. The third-order valence-electron chi connectivity index (χ3n) is 4.19. The second kappa shape index (κ2) is 6.29. The van der Waals surface area contributed by atoms with Gasteiger partial charge in [-0.15, -0.1) is 10.2 Å². The SMILES string of the molecule is FC(F)(F)c1nnc2ccc(-c3ccc(Cc4ccccc4)cc3)cn12. The minimum absolute atomic E-state index is 0.168. The molecule has 4 rings (SSSR count). The van der Waals surface area contributed by atoms with Gasteiger partial charge in [0.05, 0.1) is 0 Å². The molecule has 2 aromatic carbocycles. The fourth-order valence-electron chi connectivity index (χ4n) is 2.90. The van der Waals surface area contributed by atoms with Crippen LogP contribution in [-0.2, 0) is 12.6 Å². The normalized spacial score (nSPS) is 11.8. The summed E-state index contributed by atoms with van der Waals surface area (Å²) < 4.78 is 40.0. The first-order valence-corrected chi connectivity index (χ1v) is 8.06. The quantitative estimate of drug-likeness (QED) is 0.518. The lowest BCUT2D eigenvalue weighted by molar-refractivity contribution is -0.145. The van der Waals surface area contributed by atoms with E-state index in [9.17, 15) is 13.2 Å². The number of halogens is 3. The van der Waals surface area contributed by atoms with Crippen LogP contribution in [-0.4, -0.2) is 14.6 Å². The lowest BCUT2D eigenvalue weighted by Gasteiger charge is -2.08. The maximum atomic E-state index is 13.0. The summed E-state index contributed by atoms with van der Waals surface area (Å²) in [5, 5.41) is 6.82. The van der Waals surface area contributed by atoms with E-state index in [-0.39, 0.29) is 5.65 Å². The summed E-state index contributed by atoms with van der Waals surface area (Å²) in [6.45, 7) is 0. The zero-order valence-electron chi connectivity index (χ0n) is 13.6. The van der Waals surface area contributed by atoms with Crippen LogP contribution in [0.3, 0.4) is 0 Å². The zero-order chi connectivity index (χ0) is 18.1. The van der Waals surface area contributed by atoms with Crippen LogP contribution in [0.1, 0.15) is 17.0 Å². The highest BCUT2D eigenvalue weighted by Crippen LogP contribution is 2.29. The molecule has 2 aromatic heterocycles. The molecule has 0 aliphatic rings. The van der Waals surface area contributed by atoms with Crippen molar-refractivity contribution in [3.63, 3.8) is 0 Å². The van der Waals surface area contributed by atoms with E-state index in [1.807, 2.05) is 42.5 Å². The predicted molar refractivity (Wildman–Crippen MR) is 92.7 cm³/mol. The van der Waals surface area contributed by atoms with Gasteiger partial charge in [-0.25, -0.2) is 0 Å². The lowest BCUT2D eigenvalue weighted by atomic mass is 10.0. The Morgan fingerprint density at radius 2 is 1.38 bits per heavy atom. The number of hydrogen-bond acceptors (Lipinski definition) is 2. The molecule has 0 aliphatic carbocycles. The molecule has 0 atom stereocenters. The minimum atomic E-state index is -4.54. The molecule has 0 spiro atoms. The number of rotatable bonds is 3. The van der Waals surface area contributed by atoms with E-state index in [0.717, 1.165) is 21.9 Å². The average molecular weight is 353 g/mol. The topological polar surface area (TPSA) is 30.2 Å². The highest BCUT2D eigenvalue weighted by atomic mass is 19.4. The van der Waals surface area contributed by atoms with E-state index in [1.165, 1.54) is 17.8 Å². The molecule has 26 heavy (non-hydrogen) atoms. The molecule has 130 valence electrons. The molecule has 0 amide bonds. The third kappa shape index (κ3) is 3.18. The van der Waals surface area contributed by atoms with Gasteiger partial charge in [0, 0.05) is 6.20 Å². The number of pyridine rings is 1. The molecule has 3 nitrogen and oxygen atoms in total. The third-order valence-corrected chi connectivity index (χ3v) is 4.19. The first-order chi connectivity index (χ1) is 12.5. The fourth-order valence-corrected chi connectivity index (χ4v) is 2.90. The molecule has 0 saturated carbocycles. The van der Waals surface area contributed by atoms with E-state index in [1.54, 1.807) is 6.07 Å². The number of aromatic nitrogens is 3. The fraction of sp³-hybridized carbons (Fsp3) is 0.100. The van der Waals surface area contributed by atoms with Gasteiger partial charge in [-0.2, -0.15) is 13.2 Å². The van der Waals surface area contributed by atoms with Crippen LogP contribution >= 0.6 is 0 Å². The van der Waals surface area contributed by atoms with Gasteiger partial charge in [0.15, 0.2) is 5.65 Å². The number of hydrogen-bond donors (Lipinski definition) is 0. The van der Waals surface area contributed by atoms with Gasteiger partial charge in [-0.05, 0) is 40.8 Å². The molecule has 4 aromatic rings. The minimum Gasteiger partial charge on any atom is -0.278 e. The molecule has 0 unspecified atom stereocenters. The monoisotopic (exact) mass is 353 g/mol. The van der Waals surface area contributed by atoms with Gasteiger partial charge in [0.25, 0.3) is 0 Å². The molecule has 0 bridgehead atoms. The van der Waals surface area contributed by atoms with Crippen molar-refractivity contribution in [3.05, 3.63) is 89.9 Å². The molecule has 0 N–H and O–H groups in total. The summed E-state index contributed by atoms with van der Waals surface area (Å²) in [5.74, 6) is -1.02. The number of alkyl halides is 3. The van der Waals surface area contributed by atoms with Crippen molar-refractivity contribution in [3.8, 4) is 11.1 Å². The van der Waals surface area contributed by atoms with Crippen molar-refractivity contribution in [2.24, 2.45) is 0 Å². The van der Waals surface area contributed by atoms with Crippen LogP contribution in [0.15, 0.2) is 72.9 Å². The van der Waals surface area contributed by atoms with Crippen LogP contribution in [0, 0.1) is 0 Å². The van der Waals surface area contributed by atoms with Crippen molar-refractivity contribution in [1.29, 1.82) is 0 Å². The smallest absolute Gasteiger partial charge is 0.278 e. The van der Waals surface area contributed by atoms with Crippen LogP contribution in [0.4, 0.5) is 13.2 Å². The second-order valence-electron chi connectivity index (χ2n) is 6.03. The van der Waals surface area contributed by atoms with Crippen LogP contribution < -0.4 is 0 Å². The van der Waals surface area contributed by atoms with Crippen molar-refractivity contribution in [1.82, 2.24) is 14.6 Å². The molecule has 0 aliphatic heterocycles. The molecule has 2 heterocycles. The molecule has 0 saturated heterocycles. The van der Waals surface area contributed by atoms with Gasteiger partial charge in [0.2, 0.25) is 5.82 Å². The highest BCUT2D eigenvalue weighted by Gasteiger charge is 2.36. The van der Waals surface area contributed by atoms with Gasteiger partial charge < -0.3 is 0 Å². The second-order valence-corrected chi connectivity index (χ2v) is 6.03. The highest BCUT2D eigenvalue weighted by molar-refractivity contribution is 5.65. The van der Waals surface area contributed by atoms with E-state index in [4.69, 9.17) is 0 Å². The van der Waals surface area contributed by atoms with E-state index in [0.29, 0.717) is 5.56 Å². The Bertz CT molecular complexity index is 1040. The average Bonchev–Trinajstić information content (AvgIpc) is 3.07. The number of benzene rings is 2. The number of fused-ring (bicyclic) bond motifs is 1. The lowest BCUT2D eigenvalue weighted by Crippen LogP contribution is -2.10. The maximum absolute atomic E-state index is 13.0. The Balaban J connectivity index is 1.65. The Hall–Kier alpha value is -3.15. The molecular weight excluding hydrogens is 339 g/mol. The summed E-state index contributed by atoms with van der Waals surface area (Å²) in [6, 6.07) is 21.2. The largest absolute Gasteiger partial charge is 0.452 e. The van der Waals surface area contributed by atoms with Crippen molar-refractivity contribution < 1.29 is 13.2 Å². The Kier molecular flexibility index (Phi) is 3.95. The van der Waals surface area contributed by atoms with Crippen LogP contribution in [0.2, 0.25) is 0 Å². The Morgan fingerprint density at radius 1 is 0.731 bits per heavy atom. The van der Waals surface area contributed by atoms with Gasteiger partial charge in [0.1, 0.15) is 0 Å². The summed E-state index contributed by atoms with van der Waals surface area (Å²) in [4.78, 5) is 0. The first-order valence-electron chi connectivity index (χ1n) is 8.06. The Labute approximate surface area is 147 Å². The van der Waals surface area contributed by atoms with E-state index in [2.05, 4.69) is 22.3 Å². The first kappa shape index (κ1) is 16.3. The van der Waals surface area contributed by atoms with Gasteiger partial charge in [-0.1, -0.05) is 54.6 Å². The van der Waals surface area contributed by atoms with Crippen molar-refractivity contribution in [2.75, 3.05) is 0 Å².